The highest BCUT2D eigenvalue weighted by Gasteiger charge is 2.22. The third kappa shape index (κ3) is 4.27. The number of anilines is 3. The Labute approximate surface area is 194 Å². The summed E-state index contributed by atoms with van der Waals surface area (Å²) in [5.74, 6) is 0.243. The molecule has 1 N–H and O–H groups in total. The number of carbonyl (C=O) groups excluding carboxylic acids is 1. The van der Waals surface area contributed by atoms with Gasteiger partial charge < -0.3 is 15.1 Å². The Morgan fingerprint density at radius 2 is 1.67 bits per heavy atom. The van der Waals surface area contributed by atoms with E-state index in [1.807, 2.05) is 18.2 Å². The maximum Gasteiger partial charge on any atom is 0.350 e. The largest absolute Gasteiger partial charge is 0.368 e. The molecule has 0 bridgehead atoms. The monoisotopic (exact) mass is 463 g/mol. The van der Waals surface area contributed by atoms with Gasteiger partial charge in [-0.25, -0.2) is 18.9 Å². The van der Waals surface area contributed by atoms with Crippen molar-refractivity contribution in [3.8, 4) is 0 Å². The molecule has 168 valence electrons. The zero-order valence-electron chi connectivity index (χ0n) is 17.8. The molecule has 1 fully saturated rings. The number of rotatable bonds is 5. The van der Waals surface area contributed by atoms with Crippen molar-refractivity contribution in [3.63, 3.8) is 0 Å². The lowest BCUT2D eigenvalue weighted by Crippen LogP contribution is -2.47. The molecule has 0 atom stereocenters. The number of hydrogen-bond acceptors (Lipinski definition) is 6. The van der Waals surface area contributed by atoms with E-state index in [1.165, 1.54) is 10.1 Å². The minimum absolute atomic E-state index is 0.229. The van der Waals surface area contributed by atoms with Gasteiger partial charge in [0.2, 0.25) is 11.6 Å². The van der Waals surface area contributed by atoms with Crippen molar-refractivity contribution in [2.75, 3.05) is 41.3 Å². The first-order valence-electron chi connectivity index (χ1n) is 10.6. The summed E-state index contributed by atoms with van der Waals surface area (Å²) in [6.07, 6.45) is 3.15. The Kier molecular flexibility index (Phi) is 5.70. The van der Waals surface area contributed by atoms with E-state index in [-0.39, 0.29) is 12.5 Å². The van der Waals surface area contributed by atoms with Crippen LogP contribution in [0.4, 0.5) is 17.2 Å². The third-order valence-corrected chi connectivity index (χ3v) is 5.95. The fraction of sp³-hybridized carbons (Fsp3) is 0.217. The van der Waals surface area contributed by atoms with Crippen LogP contribution in [0.3, 0.4) is 0 Å². The minimum Gasteiger partial charge on any atom is -0.368 e. The molecule has 0 saturated carbocycles. The number of carbonyl (C=O) groups is 1. The molecule has 1 aliphatic rings. The first-order valence-corrected chi connectivity index (χ1v) is 11.0. The Morgan fingerprint density at radius 1 is 0.970 bits per heavy atom. The minimum atomic E-state index is -0.397. The molecule has 9 nitrogen and oxygen atoms in total. The number of amides is 1. The maximum atomic E-state index is 12.9. The van der Waals surface area contributed by atoms with Crippen LogP contribution in [0.2, 0.25) is 5.02 Å². The summed E-state index contributed by atoms with van der Waals surface area (Å²) in [5, 5.41) is 7.57. The van der Waals surface area contributed by atoms with Crippen LogP contribution in [0, 0.1) is 0 Å². The summed E-state index contributed by atoms with van der Waals surface area (Å²) < 4.78 is 2.57. The molecule has 4 aromatic rings. The molecule has 1 amide bonds. The Morgan fingerprint density at radius 3 is 2.42 bits per heavy atom. The van der Waals surface area contributed by atoms with E-state index in [9.17, 15) is 9.59 Å². The van der Waals surface area contributed by atoms with Crippen LogP contribution in [0.15, 0.2) is 71.8 Å². The molecule has 0 radical (unpaired) electrons. The maximum absolute atomic E-state index is 12.9. The molecule has 33 heavy (non-hydrogen) atoms. The van der Waals surface area contributed by atoms with E-state index >= 15 is 0 Å². The lowest BCUT2D eigenvalue weighted by Gasteiger charge is -2.36. The van der Waals surface area contributed by atoms with E-state index < -0.39 is 5.69 Å². The summed E-state index contributed by atoms with van der Waals surface area (Å²) in [5.41, 5.74) is 1.71. The lowest BCUT2D eigenvalue weighted by atomic mass is 10.2. The van der Waals surface area contributed by atoms with Crippen LogP contribution in [-0.2, 0) is 11.3 Å². The van der Waals surface area contributed by atoms with Gasteiger partial charge >= 0.3 is 5.69 Å². The number of halogens is 1. The fourth-order valence-corrected chi connectivity index (χ4v) is 4.15. The SMILES string of the molecule is O=C(Cn1nc2c(N3CCN(c4ccccc4)CC3)nccn2c1=O)Nc1ccccc1Cl. The van der Waals surface area contributed by atoms with Crippen molar-refractivity contribution >= 4 is 40.3 Å². The van der Waals surface area contributed by atoms with E-state index in [0.29, 0.717) is 22.2 Å². The standard InChI is InChI=1S/C23H22ClN7O2/c24-18-8-4-5-9-19(18)26-20(32)16-31-23(33)30-11-10-25-21(22(30)27-31)29-14-12-28(13-15-29)17-6-2-1-3-7-17/h1-11H,12-16H2,(H,26,32). The van der Waals surface area contributed by atoms with Gasteiger partial charge in [-0.15, -0.1) is 5.10 Å². The normalized spacial score (nSPS) is 14.0. The summed E-state index contributed by atoms with van der Waals surface area (Å²) in [6.45, 7) is 2.92. The van der Waals surface area contributed by atoms with Crippen molar-refractivity contribution in [3.05, 3.63) is 82.5 Å². The van der Waals surface area contributed by atoms with Crippen LogP contribution in [0.1, 0.15) is 0 Å². The molecule has 1 saturated heterocycles. The number of benzene rings is 2. The van der Waals surface area contributed by atoms with Gasteiger partial charge in [-0.3, -0.25) is 4.79 Å². The first-order chi connectivity index (χ1) is 16.1. The number of nitrogens with one attached hydrogen (secondary N) is 1. The smallest absolute Gasteiger partial charge is 0.350 e. The third-order valence-electron chi connectivity index (χ3n) is 5.62. The highest BCUT2D eigenvalue weighted by atomic mass is 35.5. The first kappa shape index (κ1) is 21.0. The summed E-state index contributed by atoms with van der Waals surface area (Å²) in [7, 11) is 0. The number of nitrogens with zero attached hydrogens (tertiary/aromatic N) is 6. The van der Waals surface area contributed by atoms with E-state index in [4.69, 9.17) is 11.6 Å². The molecular weight excluding hydrogens is 442 g/mol. The van der Waals surface area contributed by atoms with Gasteiger partial charge in [0.25, 0.3) is 0 Å². The van der Waals surface area contributed by atoms with Gasteiger partial charge in [-0.1, -0.05) is 41.9 Å². The zero-order valence-corrected chi connectivity index (χ0v) is 18.5. The molecule has 5 rings (SSSR count). The second-order valence-electron chi connectivity index (χ2n) is 7.72. The molecule has 2 aromatic heterocycles. The molecule has 3 heterocycles. The zero-order chi connectivity index (χ0) is 22.8. The van der Waals surface area contributed by atoms with Crippen LogP contribution in [0.5, 0.6) is 0 Å². The second-order valence-corrected chi connectivity index (χ2v) is 8.13. The summed E-state index contributed by atoms with van der Waals surface area (Å²) >= 11 is 6.10. The fourth-order valence-electron chi connectivity index (χ4n) is 3.97. The van der Waals surface area contributed by atoms with Gasteiger partial charge in [-0.05, 0) is 24.3 Å². The predicted molar refractivity (Wildman–Crippen MR) is 128 cm³/mol. The molecule has 10 heteroatoms. The topological polar surface area (TPSA) is 87.8 Å². The quantitative estimate of drug-likeness (QED) is 0.489. The van der Waals surface area contributed by atoms with Crippen molar-refractivity contribution in [1.82, 2.24) is 19.2 Å². The number of piperazine rings is 1. The van der Waals surface area contributed by atoms with E-state index in [1.54, 1.807) is 36.7 Å². The van der Waals surface area contributed by atoms with Gasteiger partial charge in [0.15, 0.2) is 5.82 Å². The molecule has 0 spiro atoms. The highest BCUT2D eigenvalue weighted by Crippen LogP contribution is 2.22. The van der Waals surface area contributed by atoms with Crippen molar-refractivity contribution < 1.29 is 4.79 Å². The van der Waals surface area contributed by atoms with Crippen LogP contribution >= 0.6 is 11.6 Å². The Bertz CT molecular complexity index is 1340. The predicted octanol–water partition coefficient (Wildman–Crippen LogP) is 2.51. The molecule has 1 aliphatic heterocycles. The number of para-hydroxylation sites is 2. The average molecular weight is 464 g/mol. The number of fused-ring (bicyclic) bond motifs is 1. The second kappa shape index (κ2) is 8.95. The van der Waals surface area contributed by atoms with Crippen LogP contribution in [-0.4, -0.2) is 51.3 Å². The Hall–Kier alpha value is -3.85. The number of hydrogen-bond donors (Lipinski definition) is 1. The summed E-state index contributed by atoms with van der Waals surface area (Å²) in [6, 6.07) is 17.2. The summed E-state index contributed by atoms with van der Waals surface area (Å²) in [4.78, 5) is 34.3. The average Bonchev–Trinajstić information content (AvgIpc) is 3.16. The van der Waals surface area contributed by atoms with Crippen LogP contribution in [0.25, 0.3) is 5.65 Å². The molecule has 0 unspecified atom stereocenters. The van der Waals surface area contributed by atoms with Gasteiger partial charge in [-0.2, -0.15) is 0 Å². The van der Waals surface area contributed by atoms with E-state index in [2.05, 4.69) is 37.3 Å². The van der Waals surface area contributed by atoms with Crippen molar-refractivity contribution in [2.24, 2.45) is 0 Å². The van der Waals surface area contributed by atoms with Gasteiger partial charge in [0.1, 0.15) is 6.54 Å². The molecule has 2 aromatic carbocycles. The van der Waals surface area contributed by atoms with Crippen molar-refractivity contribution in [1.29, 1.82) is 0 Å². The van der Waals surface area contributed by atoms with Gasteiger partial charge in [0.05, 0.1) is 10.7 Å². The van der Waals surface area contributed by atoms with Crippen molar-refractivity contribution in [2.45, 2.75) is 6.54 Å². The highest BCUT2D eigenvalue weighted by molar-refractivity contribution is 6.33. The Balaban J connectivity index is 1.34. The number of aromatic nitrogens is 4. The van der Waals surface area contributed by atoms with Gasteiger partial charge in [0, 0.05) is 44.3 Å². The molecular formula is C23H22ClN7O2. The lowest BCUT2D eigenvalue weighted by molar-refractivity contribution is -0.117. The van der Waals surface area contributed by atoms with Crippen LogP contribution < -0.4 is 20.8 Å². The molecule has 0 aliphatic carbocycles. The van der Waals surface area contributed by atoms with E-state index in [0.717, 1.165) is 30.9 Å².